The topological polar surface area (TPSA) is 3.24 Å². The number of rotatable bonds is 2. The van der Waals surface area contributed by atoms with Crippen LogP contribution in [0.15, 0.2) is 41.5 Å². The second-order valence-corrected chi connectivity index (χ2v) is 5.36. The van der Waals surface area contributed by atoms with E-state index in [-0.39, 0.29) is 0 Å². The van der Waals surface area contributed by atoms with Gasteiger partial charge in [0.15, 0.2) is 0 Å². The normalized spacial score (nSPS) is 21.4. The van der Waals surface area contributed by atoms with Crippen LogP contribution in [0.3, 0.4) is 0 Å². The monoisotopic (exact) mass is 227 g/mol. The van der Waals surface area contributed by atoms with Crippen molar-refractivity contribution in [2.24, 2.45) is 0 Å². The minimum Gasteiger partial charge on any atom is -0.295 e. The number of hydrogen-bond donors (Lipinski definition) is 0. The molecule has 1 nitrogen and oxygen atoms in total. The first-order valence-corrected chi connectivity index (χ1v) is 6.88. The van der Waals surface area contributed by atoms with Crippen molar-refractivity contribution in [3.05, 3.63) is 47.0 Å². The highest BCUT2D eigenvalue weighted by Gasteiger charge is 2.20. The van der Waals surface area contributed by atoms with Crippen LogP contribution in [-0.2, 0) is 6.54 Å². The molecule has 0 atom stereocenters. The lowest BCUT2D eigenvalue weighted by Crippen LogP contribution is -2.32. The van der Waals surface area contributed by atoms with Gasteiger partial charge in [0.05, 0.1) is 0 Å². The molecule has 0 unspecified atom stereocenters. The van der Waals surface area contributed by atoms with Crippen LogP contribution in [0.5, 0.6) is 0 Å². The van der Waals surface area contributed by atoms with Gasteiger partial charge >= 0.3 is 0 Å². The van der Waals surface area contributed by atoms with Crippen molar-refractivity contribution in [2.45, 2.75) is 38.6 Å². The zero-order chi connectivity index (χ0) is 11.5. The maximum absolute atomic E-state index is 2.61. The SMILES string of the molecule is c1ccc(CN2CCC3=C(CCCC3)C2)cc1. The third-order valence-corrected chi connectivity index (χ3v) is 4.10. The predicted octanol–water partition coefficient (Wildman–Crippen LogP) is 3.76. The van der Waals surface area contributed by atoms with Crippen molar-refractivity contribution < 1.29 is 0 Å². The summed E-state index contributed by atoms with van der Waals surface area (Å²) in [4.78, 5) is 2.61. The van der Waals surface area contributed by atoms with E-state index in [1.54, 1.807) is 11.1 Å². The van der Waals surface area contributed by atoms with E-state index >= 15 is 0 Å². The van der Waals surface area contributed by atoms with E-state index in [4.69, 9.17) is 0 Å². The molecule has 1 aromatic rings. The van der Waals surface area contributed by atoms with Crippen LogP contribution in [0.25, 0.3) is 0 Å². The molecule has 1 aliphatic heterocycles. The Hall–Kier alpha value is -1.08. The summed E-state index contributed by atoms with van der Waals surface area (Å²) in [7, 11) is 0. The lowest BCUT2D eigenvalue weighted by atomic mass is 9.87. The van der Waals surface area contributed by atoms with Gasteiger partial charge in [-0.15, -0.1) is 0 Å². The fraction of sp³-hybridized carbons (Fsp3) is 0.500. The van der Waals surface area contributed by atoms with Gasteiger partial charge in [-0.05, 0) is 37.7 Å². The molecule has 90 valence electrons. The van der Waals surface area contributed by atoms with Gasteiger partial charge in [-0.3, -0.25) is 4.90 Å². The maximum Gasteiger partial charge on any atom is 0.0237 e. The van der Waals surface area contributed by atoms with Gasteiger partial charge in [-0.25, -0.2) is 0 Å². The van der Waals surface area contributed by atoms with Crippen LogP contribution < -0.4 is 0 Å². The zero-order valence-electron chi connectivity index (χ0n) is 10.5. The molecule has 0 saturated heterocycles. The lowest BCUT2D eigenvalue weighted by molar-refractivity contribution is 0.266. The van der Waals surface area contributed by atoms with Crippen LogP contribution >= 0.6 is 0 Å². The molecule has 17 heavy (non-hydrogen) atoms. The summed E-state index contributed by atoms with van der Waals surface area (Å²) in [6.45, 7) is 3.61. The third kappa shape index (κ3) is 2.61. The third-order valence-electron chi connectivity index (χ3n) is 4.10. The molecule has 2 aliphatic rings. The number of nitrogens with zero attached hydrogens (tertiary/aromatic N) is 1. The second-order valence-electron chi connectivity index (χ2n) is 5.36. The van der Waals surface area contributed by atoms with Crippen molar-refractivity contribution in [1.82, 2.24) is 4.90 Å². The van der Waals surface area contributed by atoms with E-state index in [9.17, 15) is 0 Å². The van der Waals surface area contributed by atoms with E-state index in [1.807, 2.05) is 0 Å². The van der Waals surface area contributed by atoms with Crippen LogP contribution in [0.4, 0.5) is 0 Å². The van der Waals surface area contributed by atoms with Gasteiger partial charge in [0.1, 0.15) is 0 Å². The Kier molecular flexibility index (Phi) is 3.28. The Bertz CT molecular complexity index is 405. The van der Waals surface area contributed by atoms with E-state index < -0.39 is 0 Å². The molecule has 1 aliphatic carbocycles. The summed E-state index contributed by atoms with van der Waals surface area (Å²) < 4.78 is 0. The van der Waals surface area contributed by atoms with Gasteiger partial charge in [0, 0.05) is 19.6 Å². The van der Waals surface area contributed by atoms with Gasteiger partial charge in [0.2, 0.25) is 0 Å². The van der Waals surface area contributed by atoms with Crippen LogP contribution in [0.1, 0.15) is 37.7 Å². The van der Waals surface area contributed by atoms with E-state index in [2.05, 4.69) is 35.2 Å². The molecule has 0 N–H and O–H groups in total. The molecular formula is C16H21N. The predicted molar refractivity (Wildman–Crippen MR) is 71.8 cm³/mol. The molecule has 0 saturated carbocycles. The molecular weight excluding hydrogens is 206 g/mol. The average Bonchev–Trinajstić information content (AvgIpc) is 2.40. The van der Waals surface area contributed by atoms with E-state index in [0.717, 1.165) is 6.54 Å². The standard InChI is InChI=1S/C16H21N/c1-2-6-14(7-3-1)12-17-11-10-15-8-4-5-9-16(15)13-17/h1-3,6-7H,4-5,8-13H2. The summed E-state index contributed by atoms with van der Waals surface area (Å²) in [5, 5.41) is 0. The summed E-state index contributed by atoms with van der Waals surface area (Å²) in [5.74, 6) is 0. The fourth-order valence-electron chi connectivity index (χ4n) is 3.14. The molecule has 0 radical (unpaired) electrons. The first kappa shape index (κ1) is 11.0. The van der Waals surface area contributed by atoms with Crippen molar-refractivity contribution in [1.29, 1.82) is 0 Å². The Labute approximate surface area is 104 Å². The quantitative estimate of drug-likeness (QED) is 0.695. The van der Waals surface area contributed by atoms with Crippen molar-refractivity contribution in [3.63, 3.8) is 0 Å². The largest absolute Gasteiger partial charge is 0.295 e. The van der Waals surface area contributed by atoms with Crippen LogP contribution in [0, 0.1) is 0 Å². The van der Waals surface area contributed by atoms with Crippen LogP contribution in [0.2, 0.25) is 0 Å². The Morgan fingerprint density at radius 1 is 0.882 bits per heavy atom. The molecule has 0 bridgehead atoms. The second kappa shape index (κ2) is 5.05. The maximum atomic E-state index is 2.61. The minimum atomic E-state index is 1.12. The molecule has 0 fully saturated rings. The number of benzene rings is 1. The van der Waals surface area contributed by atoms with E-state index in [0.29, 0.717) is 0 Å². The summed E-state index contributed by atoms with van der Waals surface area (Å²) in [5.41, 5.74) is 5.01. The first-order chi connectivity index (χ1) is 8.42. The number of hydrogen-bond acceptors (Lipinski definition) is 1. The first-order valence-electron chi connectivity index (χ1n) is 6.88. The smallest absolute Gasteiger partial charge is 0.0237 e. The summed E-state index contributed by atoms with van der Waals surface area (Å²) in [6, 6.07) is 10.9. The van der Waals surface area contributed by atoms with Gasteiger partial charge in [0.25, 0.3) is 0 Å². The van der Waals surface area contributed by atoms with Crippen LogP contribution in [-0.4, -0.2) is 18.0 Å². The van der Waals surface area contributed by atoms with Gasteiger partial charge in [-0.1, -0.05) is 41.5 Å². The molecule has 3 rings (SSSR count). The van der Waals surface area contributed by atoms with Crippen molar-refractivity contribution in [3.8, 4) is 0 Å². The molecule has 0 aromatic heterocycles. The lowest BCUT2D eigenvalue weighted by Gasteiger charge is -2.33. The Morgan fingerprint density at radius 3 is 2.47 bits per heavy atom. The molecule has 1 aromatic carbocycles. The Morgan fingerprint density at radius 2 is 1.65 bits per heavy atom. The molecule has 1 heteroatoms. The van der Waals surface area contributed by atoms with Gasteiger partial charge < -0.3 is 0 Å². The molecule has 1 heterocycles. The van der Waals surface area contributed by atoms with Crippen molar-refractivity contribution in [2.75, 3.05) is 13.1 Å². The summed E-state index contributed by atoms with van der Waals surface area (Å²) >= 11 is 0. The van der Waals surface area contributed by atoms with E-state index in [1.165, 1.54) is 50.8 Å². The molecule has 0 spiro atoms. The van der Waals surface area contributed by atoms with Crippen molar-refractivity contribution >= 4 is 0 Å². The highest BCUT2D eigenvalue weighted by Crippen LogP contribution is 2.31. The highest BCUT2D eigenvalue weighted by atomic mass is 15.1. The highest BCUT2D eigenvalue weighted by molar-refractivity contribution is 5.22. The fourth-order valence-corrected chi connectivity index (χ4v) is 3.14. The Balaban J connectivity index is 1.66. The zero-order valence-corrected chi connectivity index (χ0v) is 10.5. The average molecular weight is 227 g/mol. The molecule has 0 amide bonds. The minimum absolute atomic E-state index is 1.12. The summed E-state index contributed by atoms with van der Waals surface area (Å²) in [6.07, 6.45) is 6.91. The van der Waals surface area contributed by atoms with Gasteiger partial charge in [-0.2, -0.15) is 0 Å².